The number of esters is 4. The van der Waals surface area contributed by atoms with Crippen LogP contribution in [0.5, 0.6) is 0 Å². The largest absolute Gasteiger partial charge is 1.00 e. The Morgan fingerprint density at radius 2 is 0.940 bits per heavy atom. The van der Waals surface area contributed by atoms with Crippen molar-refractivity contribution in [3.8, 4) is 0 Å². The van der Waals surface area contributed by atoms with Gasteiger partial charge in [-0.05, 0) is 72.1 Å². The van der Waals surface area contributed by atoms with Crippen LogP contribution < -0.4 is 67.3 Å². The molecule has 0 spiro atoms. The minimum absolute atomic E-state index is 0. The van der Waals surface area contributed by atoms with Crippen LogP contribution in [-0.4, -0.2) is 185 Å². The Kier molecular flexibility index (Phi) is 59.6. The SMILES string of the molecule is C=C(C)C(=O)OCCNC(=O)OC(COCC(C)CC)COS(=O)(=O)[O-].C=C(C)C(=O)OCCNC(=O)OCCOC(=O)C(C)(C)CC.C=C(C)C(=O)OCCNC(=O)OCCOCC(C)CC.CCC(C)COCC1CO1.CCC(C)Cl.[K+]. The fourth-order valence-corrected chi connectivity index (χ4v) is 4.55. The third kappa shape index (κ3) is 63.1. The molecule has 0 aromatic rings. The summed E-state index contributed by atoms with van der Waals surface area (Å²) in [5.74, 6) is -0.447. The summed E-state index contributed by atoms with van der Waals surface area (Å²) in [5.41, 5.74) is 0.294. The molecule has 3 amide bonds. The quantitative estimate of drug-likeness (QED) is 0.00850. The van der Waals surface area contributed by atoms with Crippen LogP contribution in [0.25, 0.3) is 0 Å². The van der Waals surface area contributed by atoms with Crippen LogP contribution in [-0.2, 0) is 85.9 Å². The van der Waals surface area contributed by atoms with E-state index in [1.165, 1.54) is 20.3 Å². The molecular weight excluding hydrogens is 1170 g/mol. The fourth-order valence-electron chi connectivity index (χ4n) is 4.24. The third-order valence-electron chi connectivity index (χ3n) is 10.8. The van der Waals surface area contributed by atoms with Crippen LogP contribution in [0.1, 0.15) is 129 Å². The van der Waals surface area contributed by atoms with Crippen molar-refractivity contribution < 1.29 is 154 Å². The van der Waals surface area contributed by atoms with Gasteiger partial charge in [0.25, 0.3) is 0 Å². The van der Waals surface area contributed by atoms with Crippen molar-refractivity contribution in [2.24, 2.45) is 23.2 Å². The first-order valence-corrected chi connectivity index (χ1v) is 29.6. The van der Waals surface area contributed by atoms with Gasteiger partial charge in [0.05, 0.1) is 51.5 Å². The zero-order valence-corrected chi connectivity index (χ0v) is 57.6. The number of nitrogens with one attached hydrogen (secondary N) is 3. The molecule has 1 fully saturated rings. The second kappa shape index (κ2) is 56.1. The molecule has 1 aliphatic heterocycles. The minimum Gasteiger partial charge on any atom is -0.726 e. The van der Waals surface area contributed by atoms with Crippen molar-refractivity contribution in [3.63, 3.8) is 0 Å². The molecule has 6 atom stereocenters. The molecule has 25 nitrogen and oxygen atoms in total. The van der Waals surface area contributed by atoms with Gasteiger partial charge in [-0.15, -0.1) is 11.6 Å². The van der Waals surface area contributed by atoms with E-state index >= 15 is 0 Å². The molecule has 0 bridgehead atoms. The Morgan fingerprint density at radius 3 is 1.30 bits per heavy atom. The molecule has 1 saturated heterocycles. The van der Waals surface area contributed by atoms with Gasteiger partial charge in [-0.25, -0.2) is 37.2 Å². The van der Waals surface area contributed by atoms with Crippen LogP contribution in [0.15, 0.2) is 36.5 Å². The number of hydrogen-bond donors (Lipinski definition) is 3. The summed E-state index contributed by atoms with van der Waals surface area (Å²) >= 11 is 5.46. The number of carbonyl (C=O) groups excluding carboxylic acids is 7. The number of halogens is 1. The van der Waals surface area contributed by atoms with E-state index in [9.17, 15) is 46.5 Å². The third-order valence-corrected chi connectivity index (χ3v) is 11.6. The summed E-state index contributed by atoms with van der Waals surface area (Å²) in [6.45, 7) is 40.6. The number of epoxide rings is 1. The molecule has 1 rings (SSSR count). The van der Waals surface area contributed by atoms with Crippen molar-refractivity contribution in [3.05, 3.63) is 36.5 Å². The molecule has 0 aromatic carbocycles. The van der Waals surface area contributed by atoms with Crippen molar-refractivity contribution >= 4 is 64.2 Å². The van der Waals surface area contributed by atoms with Gasteiger partial charge in [0.2, 0.25) is 10.4 Å². The van der Waals surface area contributed by atoms with Crippen LogP contribution in [0.4, 0.5) is 14.4 Å². The van der Waals surface area contributed by atoms with Crippen LogP contribution >= 0.6 is 11.6 Å². The number of ether oxygens (including phenoxy) is 11. The fraction of sp³-hybridized carbons (Fsp3) is 0.768. The Morgan fingerprint density at radius 1 is 0.571 bits per heavy atom. The summed E-state index contributed by atoms with van der Waals surface area (Å²) in [6, 6.07) is 0. The number of alkyl carbamates (subject to hydrolysis) is 3. The van der Waals surface area contributed by atoms with Gasteiger partial charge in [-0.1, -0.05) is 94.4 Å². The van der Waals surface area contributed by atoms with Gasteiger partial charge in [-0.2, -0.15) is 0 Å². The van der Waals surface area contributed by atoms with E-state index in [4.69, 9.17) is 63.7 Å². The van der Waals surface area contributed by atoms with E-state index in [-0.39, 0.29) is 135 Å². The van der Waals surface area contributed by atoms with Gasteiger partial charge in [-0.3, -0.25) is 8.98 Å². The molecule has 28 heteroatoms. The summed E-state index contributed by atoms with van der Waals surface area (Å²) in [7, 11) is -4.92. The van der Waals surface area contributed by atoms with Gasteiger partial charge >= 0.3 is 93.5 Å². The summed E-state index contributed by atoms with van der Waals surface area (Å²) in [5, 5.41) is 7.53. The predicted octanol–water partition coefficient (Wildman–Crippen LogP) is 4.92. The van der Waals surface area contributed by atoms with Crippen LogP contribution in [0.2, 0.25) is 0 Å². The van der Waals surface area contributed by atoms with E-state index in [0.717, 1.165) is 39.1 Å². The maximum Gasteiger partial charge on any atom is 1.00 e. The predicted molar refractivity (Wildman–Crippen MR) is 311 cm³/mol. The van der Waals surface area contributed by atoms with Gasteiger partial charge in [0.15, 0.2) is 6.10 Å². The summed E-state index contributed by atoms with van der Waals surface area (Å²) < 4.78 is 90.8. The maximum atomic E-state index is 11.7. The van der Waals surface area contributed by atoms with E-state index in [1.54, 1.807) is 20.8 Å². The van der Waals surface area contributed by atoms with Gasteiger partial charge in [0, 0.05) is 41.9 Å². The zero-order chi connectivity index (χ0) is 64.4. The molecule has 6 unspecified atom stereocenters. The molecule has 3 N–H and O–H groups in total. The number of hydrogen-bond acceptors (Lipinski definition) is 22. The Hall–Kier alpha value is -3.45. The minimum atomic E-state index is -4.92. The molecule has 0 aliphatic carbocycles. The molecule has 0 saturated carbocycles. The smallest absolute Gasteiger partial charge is 0.726 e. The van der Waals surface area contributed by atoms with Gasteiger partial charge in [0.1, 0.15) is 52.4 Å². The molecule has 84 heavy (non-hydrogen) atoms. The molecule has 1 heterocycles. The average Bonchev–Trinajstić information content (AvgIpc) is 4.29. The molecule has 0 radical (unpaired) electrons. The van der Waals surface area contributed by atoms with Crippen molar-refractivity contribution in [2.45, 2.75) is 147 Å². The second-order valence-electron chi connectivity index (χ2n) is 19.7. The van der Waals surface area contributed by atoms with Crippen molar-refractivity contribution in [2.75, 3.05) is 112 Å². The Balaban J connectivity index is -0.000000330. The zero-order valence-electron chi connectivity index (χ0n) is 52.9. The molecule has 1 aliphatic rings. The second-order valence-corrected chi connectivity index (χ2v) is 21.5. The molecule has 0 aromatic heterocycles. The van der Waals surface area contributed by atoms with Gasteiger partial charge < -0.3 is 72.6 Å². The number of amides is 3. The van der Waals surface area contributed by atoms with E-state index in [0.29, 0.717) is 60.7 Å². The van der Waals surface area contributed by atoms with E-state index < -0.39 is 64.7 Å². The van der Waals surface area contributed by atoms with E-state index in [2.05, 4.69) is 74.5 Å². The number of alkyl halides is 1. The van der Waals surface area contributed by atoms with E-state index in [1.807, 2.05) is 27.7 Å². The molecule has 486 valence electrons. The topological polar surface area (TPSA) is 327 Å². The monoisotopic (exact) mass is 1270 g/mol. The normalized spacial score (nSPS) is 13.7. The summed E-state index contributed by atoms with van der Waals surface area (Å²) in [6.07, 6.45) is 2.07. The number of carbonyl (C=O) groups is 7. The Labute approximate surface area is 548 Å². The maximum absolute atomic E-state index is 11.7. The van der Waals surface area contributed by atoms with Crippen molar-refractivity contribution in [1.82, 2.24) is 16.0 Å². The van der Waals surface area contributed by atoms with Crippen molar-refractivity contribution in [1.29, 1.82) is 0 Å². The number of rotatable bonds is 38. The standard InChI is InChI=1S/C15H27NO9S.C15H25NO6.C14H25NO5.C8H16O2.C4H9Cl.K/c1-5-12(4)8-22-9-13(10-24-26(19,20)21)25-15(18)16-6-7-23-14(17)11(2)3;1-6-15(4,5)13(18)21-9-10-22-14(19)16-7-8-20-12(17)11(2)3;1-5-12(4)10-18-8-9-20-14(17)15-6-7-19-13(16)11(2)3;1-3-7(2)4-9-5-8-6-10-8;1-3-4(2)5;/h12-13H,2,5-10H2,1,3-4H3,(H,16,18)(H,19,20,21);2,6-10H2,1,3-5H3,(H,16,19);12H,2,5-10H2,1,3-4H3,(H,15,17);7-8H,3-6H2,1-2H3;4H,3H2,1-2H3;/q;;;;;+1/p-1. The average molecular weight is 1280 g/mol. The first-order chi connectivity index (χ1) is 38.8. The molecular formula is C56H101ClKN3O22S. The first-order valence-electron chi connectivity index (χ1n) is 27.8. The first kappa shape index (κ1) is 89.3. The van der Waals surface area contributed by atoms with Crippen LogP contribution in [0.3, 0.4) is 0 Å². The summed E-state index contributed by atoms with van der Waals surface area (Å²) in [4.78, 5) is 79.1. The Bertz CT molecular complexity index is 1960. The van der Waals surface area contributed by atoms with Crippen LogP contribution in [0, 0.1) is 23.2 Å².